The van der Waals surface area contributed by atoms with Crippen LogP contribution in [0.3, 0.4) is 0 Å². The maximum Gasteiger partial charge on any atom is 0.251 e. The van der Waals surface area contributed by atoms with Gasteiger partial charge in [-0.25, -0.2) is 4.98 Å². The Bertz CT molecular complexity index is 723. The second-order valence-corrected chi connectivity index (χ2v) is 6.87. The van der Waals surface area contributed by atoms with E-state index >= 15 is 0 Å². The van der Waals surface area contributed by atoms with Crippen molar-refractivity contribution in [3.8, 4) is 0 Å². The molecule has 2 aromatic rings. The topological polar surface area (TPSA) is 71.1 Å². The number of hydrogen-bond acceptors (Lipinski definition) is 4. The van der Waals surface area contributed by atoms with Gasteiger partial charge < -0.3 is 10.6 Å². The number of pyridine rings is 1. The first-order valence-corrected chi connectivity index (χ1v) is 9.05. The molecular weight excluding hydrogens is 357 g/mol. The van der Waals surface area contributed by atoms with Gasteiger partial charge in [-0.05, 0) is 30.3 Å². The molecule has 0 aliphatic rings. The first-order chi connectivity index (χ1) is 11.0. The van der Waals surface area contributed by atoms with Crippen molar-refractivity contribution in [3.05, 3.63) is 52.1 Å². The van der Waals surface area contributed by atoms with Crippen molar-refractivity contribution >= 4 is 45.7 Å². The van der Waals surface area contributed by atoms with E-state index in [1.54, 1.807) is 36.6 Å². The maximum absolute atomic E-state index is 12.0. The fourth-order valence-electron chi connectivity index (χ4n) is 1.80. The number of rotatable bonds is 6. The van der Waals surface area contributed by atoms with Crippen LogP contribution in [0.2, 0.25) is 10.0 Å². The molecule has 1 aromatic carbocycles. The molecule has 0 aliphatic carbocycles. The Labute approximate surface area is 146 Å². The lowest BCUT2D eigenvalue weighted by Crippen LogP contribution is -2.28. The third-order valence-corrected chi connectivity index (χ3v) is 4.39. The van der Waals surface area contributed by atoms with Crippen molar-refractivity contribution < 1.29 is 9.00 Å². The molecule has 0 bridgehead atoms. The average Bonchev–Trinajstić information content (AvgIpc) is 2.53. The molecule has 0 spiro atoms. The summed E-state index contributed by atoms with van der Waals surface area (Å²) in [4.78, 5) is 16.7. The monoisotopic (exact) mass is 371 g/mol. The van der Waals surface area contributed by atoms with Gasteiger partial charge >= 0.3 is 0 Å². The van der Waals surface area contributed by atoms with Gasteiger partial charge in [0.1, 0.15) is 5.82 Å². The third kappa shape index (κ3) is 5.20. The van der Waals surface area contributed by atoms with Crippen LogP contribution < -0.4 is 10.6 Å². The van der Waals surface area contributed by atoms with Crippen LogP contribution in [0.25, 0.3) is 0 Å². The number of anilines is 1. The number of amides is 1. The Balaban J connectivity index is 1.81. The van der Waals surface area contributed by atoms with Gasteiger partial charge in [0.25, 0.3) is 5.91 Å². The molecule has 0 saturated heterocycles. The number of aromatic nitrogens is 1. The number of carbonyl (C=O) groups excluding carboxylic acids is 1. The minimum Gasteiger partial charge on any atom is -0.367 e. The van der Waals surface area contributed by atoms with Crippen molar-refractivity contribution in [1.29, 1.82) is 0 Å². The summed E-state index contributed by atoms with van der Waals surface area (Å²) >= 11 is 11.8. The Morgan fingerprint density at radius 2 is 1.91 bits per heavy atom. The summed E-state index contributed by atoms with van der Waals surface area (Å²) in [5.41, 5.74) is 0.516. The van der Waals surface area contributed by atoms with Crippen molar-refractivity contribution in [2.24, 2.45) is 0 Å². The summed E-state index contributed by atoms with van der Waals surface area (Å²) in [6.07, 6.45) is 3.09. The largest absolute Gasteiger partial charge is 0.367 e. The smallest absolute Gasteiger partial charge is 0.251 e. The van der Waals surface area contributed by atoms with Gasteiger partial charge in [0, 0.05) is 46.8 Å². The molecule has 8 heteroatoms. The fourth-order valence-corrected chi connectivity index (χ4v) is 2.77. The van der Waals surface area contributed by atoms with Crippen molar-refractivity contribution in [2.45, 2.75) is 4.90 Å². The first kappa shape index (κ1) is 17.7. The van der Waals surface area contributed by atoms with Crippen LogP contribution >= 0.6 is 23.2 Å². The van der Waals surface area contributed by atoms with Crippen molar-refractivity contribution in [2.75, 3.05) is 24.7 Å². The molecular formula is C15H15Cl2N3O2S. The van der Waals surface area contributed by atoms with Gasteiger partial charge in [0.15, 0.2) is 0 Å². The molecule has 0 fully saturated rings. The Kier molecular flexibility index (Phi) is 6.38. The lowest BCUT2D eigenvalue weighted by Gasteiger charge is -2.09. The van der Waals surface area contributed by atoms with Crippen LogP contribution in [0.4, 0.5) is 5.82 Å². The normalized spacial score (nSPS) is 11.8. The summed E-state index contributed by atoms with van der Waals surface area (Å²) in [5, 5.41) is 6.68. The predicted octanol–water partition coefficient (Wildman–Crippen LogP) is 2.97. The van der Waals surface area contributed by atoms with E-state index in [1.165, 1.54) is 6.20 Å². The molecule has 1 unspecified atom stereocenters. The second-order valence-electron chi connectivity index (χ2n) is 4.65. The van der Waals surface area contributed by atoms with E-state index in [0.29, 0.717) is 39.4 Å². The lowest BCUT2D eigenvalue weighted by molar-refractivity contribution is 0.0955. The molecule has 1 aromatic heterocycles. The highest BCUT2D eigenvalue weighted by atomic mass is 35.5. The van der Waals surface area contributed by atoms with Crippen LogP contribution in [0.15, 0.2) is 41.4 Å². The highest BCUT2D eigenvalue weighted by Crippen LogP contribution is 2.21. The standard InChI is InChI=1S/C15H15Cl2N3O2S/c1-23(22)12-4-2-10(3-5-12)15(21)19-7-6-18-14-13(17)8-11(16)9-20-14/h2-5,8-9H,6-7H2,1H3,(H,18,20)(H,19,21). The zero-order chi connectivity index (χ0) is 16.8. The van der Waals surface area contributed by atoms with Gasteiger partial charge in [-0.2, -0.15) is 0 Å². The number of nitrogens with one attached hydrogen (secondary N) is 2. The second kappa shape index (κ2) is 8.29. The molecule has 2 N–H and O–H groups in total. The van der Waals surface area contributed by atoms with Crippen LogP contribution in [0.1, 0.15) is 10.4 Å². The highest BCUT2D eigenvalue weighted by molar-refractivity contribution is 7.84. The van der Waals surface area contributed by atoms with Crippen molar-refractivity contribution in [3.63, 3.8) is 0 Å². The zero-order valence-corrected chi connectivity index (χ0v) is 14.6. The summed E-state index contributed by atoms with van der Waals surface area (Å²) < 4.78 is 11.3. The Morgan fingerprint density at radius 3 is 2.52 bits per heavy atom. The minimum absolute atomic E-state index is 0.199. The molecule has 0 saturated carbocycles. The van der Waals surface area contributed by atoms with Gasteiger partial charge in [0.05, 0.1) is 10.0 Å². The number of hydrogen-bond donors (Lipinski definition) is 2. The molecule has 1 amide bonds. The summed E-state index contributed by atoms with van der Waals surface area (Å²) in [5.74, 6) is 0.315. The Morgan fingerprint density at radius 1 is 1.22 bits per heavy atom. The molecule has 1 heterocycles. The molecule has 0 aliphatic heterocycles. The molecule has 0 radical (unpaired) electrons. The van der Waals surface area contributed by atoms with Gasteiger partial charge in [-0.3, -0.25) is 9.00 Å². The van der Waals surface area contributed by atoms with E-state index in [-0.39, 0.29) is 5.91 Å². The quantitative estimate of drug-likeness (QED) is 0.765. The number of carbonyl (C=O) groups is 1. The molecule has 23 heavy (non-hydrogen) atoms. The third-order valence-electron chi connectivity index (χ3n) is 2.96. The first-order valence-electron chi connectivity index (χ1n) is 6.74. The zero-order valence-electron chi connectivity index (χ0n) is 12.3. The summed E-state index contributed by atoms with van der Waals surface area (Å²) in [7, 11) is -1.05. The van der Waals surface area contributed by atoms with E-state index in [2.05, 4.69) is 15.6 Å². The van der Waals surface area contributed by atoms with Crippen molar-refractivity contribution in [1.82, 2.24) is 10.3 Å². The fraction of sp³-hybridized carbons (Fsp3) is 0.200. The van der Waals surface area contributed by atoms with E-state index in [9.17, 15) is 9.00 Å². The van der Waals surface area contributed by atoms with Crippen LogP contribution in [0, 0.1) is 0 Å². The van der Waals surface area contributed by atoms with Gasteiger partial charge in [-0.1, -0.05) is 23.2 Å². The van der Waals surface area contributed by atoms with Crippen LogP contribution in [0.5, 0.6) is 0 Å². The number of halogens is 2. The molecule has 2 rings (SSSR count). The summed E-state index contributed by atoms with van der Waals surface area (Å²) in [6, 6.07) is 8.26. The van der Waals surface area contributed by atoms with E-state index in [0.717, 1.165) is 0 Å². The average molecular weight is 372 g/mol. The lowest BCUT2D eigenvalue weighted by atomic mass is 10.2. The van der Waals surface area contributed by atoms with Gasteiger partial charge in [0.2, 0.25) is 0 Å². The SMILES string of the molecule is CS(=O)c1ccc(C(=O)NCCNc2ncc(Cl)cc2Cl)cc1. The van der Waals surface area contributed by atoms with Gasteiger partial charge in [-0.15, -0.1) is 0 Å². The maximum atomic E-state index is 12.0. The number of nitrogens with zero attached hydrogens (tertiary/aromatic N) is 1. The predicted molar refractivity (Wildman–Crippen MR) is 93.9 cm³/mol. The Hall–Kier alpha value is -1.63. The molecule has 5 nitrogen and oxygen atoms in total. The highest BCUT2D eigenvalue weighted by Gasteiger charge is 2.06. The van der Waals surface area contributed by atoms with Crippen LogP contribution in [-0.4, -0.2) is 34.4 Å². The number of benzene rings is 1. The summed E-state index contributed by atoms with van der Waals surface area (Å²) in [6.45, 7) is 0.873. The minimum atomic E-state index is -1.05. The van der Waals surface area contributed by atoms with Crippen LogP contribution in [-0.2, 0) is 10.8 Å². The van der Waals surface area contributed by atoms with E-state index in [1.807, 2.05) is 0 Å². The molecule has 1 atom stereocenters. The molecule has 122 valence electrons. The van der Waals surface area contributed by atoms with E-state index < -0.39 is 10.8 Å². The van der Waals surface area contributed by atoms with E-state index in [4.69, 9.17) is 23.2 Å².